The minimum atomic E-state index is -4.38. The zero-order valence-electron chi connectivity index (χ0n) is 11.7. The lowest BCUT2D eigenvalue weighted by atomic mass is 10.00. The highest BCUT2D eigenvalue weighted by atomic mass is 79.9. The number of hydrogen-bond donors (Lipinski definition) is 1. The second kappa shape index (κ2) is 7.43. The van der Waals surface area contributed by atoms with Crippen molar-refractivity contribution in [1.82, 2.24) is 5.32 Å². The van der Waals surface area contributed by atoms with Crippen molar-refractivity contribution in [3.8, 4) is 0 Å². The van der Waals surface area contributed by atoms with E-state index in [4.69, 9.17) is 4.74 Å². The van der Waals surface area contributed by atoms with E-state index in [2.05, 4.69) is 21.2 Å². The highest BCUT2D eigenvalue weighted by Crippen LogP contribution is 2.36. The van der Waals surface area contributed by atoms with Gasteiger partial charge in [0.05, 0.1) is 24.3 Å². The summed E-state index contributed by atoms with van der Waals surface area (Å²) in [5.41, 5.74) is -0.423. The van der Waals surface area contributed by atoms with Crippen LogP contribution >= 0.6 is 15.9 Å². The molecule has 1 unspecified atom stereocenters. The SMILES string of the molecule is CCNC(COC(C)C)c1ccc(Br)cc1C(F)(F)F. The monoisotopic (exact) mass is 353 g/mol. The van der Waals surface area contributed by atoms with E-state index in [1.165, 1.54) is 6.07 Å². The van der Waals surface area contributed by atoms with Gasteiger partial charge in [0, 0.05) is 4.47 Å². The summed E-state index contributed by atoms with van der Waals surface area (Å²) >= 11 is 3.09. The van der Waals surface area contributed by atoms with Gasteiger partial charge in [-0.2, -0.15) is 13.2 Å². The number of alkyl halides is 3. The molecule has 1 atom stereocenters. The molecule has 6 heteroatoms. The van der Waals surface area contributed by atoms with Crippen LogP contribution in [0.15, 0.2) is 22.7 Å². The highest BCUT2D eigenvalue weighted by Gasteiger charge is 2.35. The van der Waals surface area contributed by atoms with Gasteiger partial charge in [0.15, 0.2) is 0 Å². The first-order chi connectivity index (χ1) is 9.25. The number of nitrogens with one attached hydrogen (secondary N) is 1. The first-order valence-corrected chi connectivity index (χ1v) is 7.26. The molecule has 0 aromatic heterocycles. The van der Waals surface area contributed by atoms with Crippen LogP contribution < -0.4 is 5.32 Å². The minimum Gasteiger partial charge on any atom is -0.377 e. The molecule has 0 spiro atoms. The molecular formula is C14H19BrF3NO. The third kappa shape index (κ3) is 5.07. The number of hydrogen-bond acceptors (Lipinski definition) is 2. The molecule has 2 nitrogen and oxygen atoms in total. The average molecular weight is 354 g/mol. The maximum atomic E-state index is 13.1. The maximum absolute atomic E-state index is 13.1. The molecule has 0 saturated carbocycles. The molecule has 0 heterocycles. The molecule has 1 aromatic rings. The fraction of sp³-hybridized carbons (Fsp3) is 0.571. The molecule has 0 aliphatic rings. The first kappa shape index (κ1) is 17.5. The Balaban J connectivity index is 3.12. The Kier molecular flexibility index (Phi) is 6.48. The fourth-order valence-electron chi connectivity index (χ4n) is 1.87. The predicted octanol–water partition coefficient (Wildman–Crippen LogP) is 4.54. The van der Waals surface area contributed by atoms with Crippen molar-refractivity contribution in [3.63, 3.8) is 0 Å². The van der Waals surface area contributed by atoms with E-state index in [1.807, 2.05) is 20.8 Å². The summed E-state index contributed by atoms with van der Waals surface area (Å²) in [7, 11) is 0. The van der Waals surface area contributed by atoms with Crippen LogP contribution in [0.2, 0.25) is 0 Å². The zero-order valence-corrected chi connectivity index (χ0v) is 13.3. The van der Waals surface area contributed by atoms with Crippen molar-refractivity contribution in [2.45, 2.75) is 39.1 Å². The van der Waals surface area contributed by atoms with E-state index in [1.54, 1.807) is 6.07 Å². The molecule has 0 radical (unpaired) electrons. The van der Waals surface area contributed by atoms with E-state index in [0.29, 0.717) is 11.0 Å². The van der Waals surface area contributed by atoms with Crippen molar-refractivity contribution >= 4 is 15.9 Å². The van der Waals surface area contributed by atoms with E-state index >= 15 is 0 Å². The number of benzene rings is 1. The fourth-order valence-corrected chi connectivity index (χ4v) is 2.23. The minimum absolute atomic E-state index is 0.0269. The third-order valence-electron chi connectivity index (χ3n) is 2.74. The summed E-state index contributed by atoms with van der Waals surface area (Å²) in [4.78, 5) is 0. The van der Waals surface area contributed by atoms with Crippen LogP contribution in [-0.4, -0.2) is 19.3 Å². The maximum Gasteiger partial charge on any atom is 0.416 e. The van der Waals surface area contributed by atoms with Gasteiger partial charge in [0.2, 0.25) is 0 Å². The number of likely N-dealkylation sites (N-methyl/N-ethyl adjacent to an activating group) is 1. The Morgan fingerprint density at radius 2 is 1.95 bits per heavy atom. The quantitative estimate of drug-likeness (QED) is 0.810. The molecule has 0 amide bonds. The van der Waals surface area contributed by atoms with Crippen molar-refractivity contribution in [2.75, 3.05) is 13.2 Å². The molecule has 0 bridgehead atoms. The molecule has 20 heavy (non-hydrogen) atoms. The standard InChI is InChI=1S/C14H19BrF3NO/c1-4-19-13(8-20-9(2)3)11-6-5-10(15)7-12(11)14(16,17)18/h5-7,9,13,19H,4,8H2,1-3H3. The second-order valence-corrected chi connectivity index (χ2v) is 5.64. The molecule has 0 aliphatic heterocycles. The largest absolute Gasteiger partial charge is 0.416 e. The average Bonchev–Trinajstić information content (AvgIpc) is 2.33. The van der Waals surface area contributed by atoms with E-state index in [0.717, 1.165) is 6.07 Å². The van der Waals surface area contributed by atoms with Crippen molar-refractivity contribution in [3.05, 3.63) is 33.8 Å². The van der Waals surface area contributed by atoms with Crippen molar-refractivity contribution in [1.29, 1.82) is 0 Å². The van der Waals surface area contributed by atoms with Crippen molar-refractivity contribution in [2.24, 2.45) is 0 Å². The number of rotatable bonds is 6. The van der Waals surface area contributed by atoms with Crippen LogP contribution in [-0.2, 0) is 10.9 Å². The van der Waals surface area contributed by atoms with Gasteiger partial charge in [-0.1, -0.05) is 28.9 Å². The predicted molar refractivity (Wildman–Crippen MR) is 76.6 cm³/mol. The van der Waals surface area contributed by atoms with E-state index in [9.17, 15) is 13.2 Å². The van der Waals surface area contributed by atoms with Gasteiger partial charge in [-0.05, 0) is 38.1 Å². The Morgan fingerprint density at radius 1 is 1.30 bits per heavy atom. The highest BCUT2D eigenvalue weighted by molar-refractivity contribution is 9.10. The summed E-state index contributed by atoms with van der Waals surface area (Å²) in [6.45, 7) is 6.34. The van der Waals surface area contributed by atoms with Crippen LogP contribution in [0, 0.1) is 0 Å². The molecule has 1 rings (SSSR count). The molecule has 1 N–H and O–H groups in total. The lowest BCUT2D eigenvalue weighted by molar-refractivity contribution is -0.138. The van der Waals surface area contributed by atoms with Gasteiger partial charge in [-0.25, -0.2) is 0 Å². The van der Waals surface area contributed by atoms with Gasteiger partial charge in [-0.15, -0.1) is 0 Å². The smallest absolute Gasteiger partial charge is 0.377 e. The summed E-state index contributed by atoms with van der Waals surface area (Å²) in [6, 6.07) is 3.73. The zero-order chi connectivity index (χ0) is 15.3. The normalized spacial score (nSPS) is 13.8. The van der Waals surface area contributed by atoms with E-state index < -0.39 is 17.8 Å². The number of ether oxygens (including phenoxy) is 1. The summed E-state index contributed by atoms with van der Waals surface area (Å²) < 4.78 is 45.3. The second-order valence-electron chi connectivity index (χ2n) is 4.72. The number of halogens is 4. The van der Waals surface area contributed by atoms with Crippen LogP contribution in [0.1, 0.15) is 37.9 Å². The molecule has 0 fully saturated rings. The lowest BCUT2D eigenvalue weighted by Crippen LogP contribution is -2.29. The van der Waals surface area contributed by atoms with Gasteiger partial charge >= 0.3 is 6.18 Å². The molecule has 0 aliphatic carbocycles. The summed E-state index contributed by atoms with van der Waals surface area (Å²) in [5.74, 6) is 0. The molecule has 0 saturated heterocycles. The molecule has 1 aromatic carbocycles. The van der Waals surface area contributed by atoms with Gasteiger partial charge in [0.25, 0.3) is 0 Å². The Bertz CT molecular complexity index is 435. The third-order valence-corrected chi connectivity index (χ3v) is 3.24. The topological polar surface area (TPSA) is 21.3 Å². The molecular weight excluding hydrogens is 335 g/mol. The Morgan fingerprint density at radius 3 is 2.45 bits per heavy atom. The van der Waals surface area contributed by atoms with Crippen molar-refractivity contribution < 1.29 is 17.9 Å². The van der Waals surface area contributed by atoms with Crippen LogP contribution in [0.5, 0.6) is 0 Å². The lowest BCUT2D eigenvalue weighted by Gasteiger charge is -2.23. The Hall–Kier alpha value is -0.590. The van der Waals surface area contributed by atoms with Gasteiger partial charge in [0.1, 0.15) is 0 Å². The van der Waals surface area contributed by atoms with Crippen LogP contribution in [0.3, 0.4) is 0 Å². The Labute approximate surface area is 125 Å². The van der Waals surface area contributed by atoms with Crippen LogP contribution in [0.25, 0.3) is 0 Å². The van der Waals surface area contributed by atoms with E-state index in [-0.39, 0.29) is 18.3 Å². The van der Waals surface area contributed by atoms with Gasteiger partial charge < -0.3 is 10.1 Å². The van der Waals surface area contributed by atoms with Gasteiger partial charge in [-0.3, -0.25) is 0 Å². The van der Waals surface area contributed by atoms with Crippen LogP contribution in [0.4, 0.5) is 13.2 Å². The summed E-state index contributed by atoms with van der Waals surface area (Å²) in [6.07, 6.45) is -4.41. The summed E-state index contributed by atoms with van der Waals surface area (Å²) in [5, 5.41) is 3.05. The molecule has 114 valence electrons. The first-order valence-electron chi connectivity index (χ1n) is 6.47.